The number of rotatable bonds is 4. The van der Waals surface area contributed by atoms with Crippen molar-refractivity contribution in [3.05, 3.63) is 18.2 Å². The van der Waals surface area contributed by atoms with Gasteiger partial charge in [0.25, 0.3) is 0 Å². The number of nitrogens with one attached hydrogen (secondary N) is 1. The molecule has 8 heteroatoms. The summed E-state index contributed by atoms with van der Waals surface area (Å²) in [5.41, 5.74) is 5.30. The van der Waals surface area contributed by atoms with Crippen molar-refractivity contribution in [3.63, 3.8) is 0 Å². The van der Waals surface area contributed by atoms with Crippen molar-refractivity contribution in [2.45, 2.75) is 25.8 Å². The van der Waals surface area contributed by atoms with Gasteiger partial charge in [0.05, 0.1) is 6.54 Å². The smallest absolute Gasteiger partial charge is 0.217 e. The van der Waals surface area contributed by atoms with Crippen molar-refractivity contribution in [3.8, 4) is 0 Å². The molecule has 1 atom stereocenters. The van der Waals surface area contributed by atoms with Gasteiger partial charge in [-0.05, 0) is 18.8 Å². The maximum absolute atomic E-state index is 11.1. The minimum Gasteiger partial charge on any atom is -0.370 e. The monoisotopic (exact) mass is 420 g/mol. The summed E-state index contributed by atoms with van der Waals surface area (Å²) in [5, 5.41) is 3.33. The van der Waals surface area contributed by atoms with Gasteiger partial charge in [-0.25, -0.2) is 4.98 Å². The Morgan fingerprint density at radius 2 is 2.36 bits per heavy atom. The Balaban J connectivity index is 0.00000242. The summed E-state index contributed by atoms with van der Waals surface area (Å²) in [7, 11) is 3.75. The van der Waals surface area contributed by atoms with Crippen LogP contribution in [-0.4, -0.2) is 46.5 Å². The fraction of sp³-hybridized carbons (Fsp3) is 0.643. The predicted molar refractivity (Wildman–Crippen MR) is 96.9 cm³/mol. The van der Waals surface area contributed by atoms with Crippen LogP contribution in [0.15, 0.2) is 17.4 Å². The molecule has 1 aromatic rings. The van der Waals surface area contributed by atoms with Gasteiger partial charge < -0.3 is 20.5 Å². The van der Waals surface area contributed by atoms with Gasteiger partial charge in [-0.15, -0.1) is 24.0 Å². The molecule has 22 heavy (non-hydrogen) atoms. The Morgan fingerprint density at radius 3 is 2.95 bits per heavy atom. The second-order valence-electron chi connectivity index (χ2n) is 5.48. The number of aryl methyl sites for hydroxylation is 1. The maximum Gasteiger partial charge on any atom is 0.217 e. The zero-order valence-electron chi connectivity index (χ0n) is 13.2. The van der Waals surface area contributed by atoms with E-state index < -0.39 is 0 Å². The molecular formula is C14H25IN6O. The number of nitrogens with zero attached hydrogens (tertiary/aromatic N) is 4. The molecule has 0 radical (unpaired) electrons. The summed E-state index contributed by atoms with van der Waals surface area (Å²) < 4.78 is 1.98. The number of hydrogen-bond acceptors (Lipinski definition) is 3. The van der Waals surface area contributed by atoms with Crippen molar-refractivity contribution in [1.29, 1.82) is 0 Å². The summed E-state index contributed by atoms with van der Waals surface area (Å²) in [6.07, 6.45) is 6.26. The van der Waals surface area contributed by atoms with E-state index in [0.29, 0.717) is 18.9 Å². The fourth-order valence-electron chi connectivity index (χ4n) is 2.77. The van der Waals surface area contributed by atoms with Crippen LogP contribution in [0.1, 0.15) is 25.1 Å². The van der Waals surface area contributed by atoms with E-state index in [1.54, 1.807) is 13.2 Å². The second kappa shape index (κ2) is 8.96. The van der Waals surface area contributed by atoms with Gasteiger partial charge >= 0.3 is 0 Å². The van der Waals surface area contributed by atoms with Gasteiger partial charge in [0.15, 0.2) is 5.96 Å². The fourth-order valence-corrected chi connectivity index (χ4v) is 2.77. The number of amides is 1. The van der Waals surface area contributed by atoms with Gasteiger partial charge in [0, 0.05) is 46.0 Å². The van der Waals surface area contributed by atoms with Crippen molar-refractivity contribution >= 4 is 35.8 Å². The third-order valence-corrected chi connectivity index (χ3v) is 3.85. The normalized spacial score (nSPS) is 18.7. The lowest BCUT2D eigenvalue weighted by atomic mass is 9.95. The van der Waals surface area contributed by atoms with Crippen LogP contribution in [0.3, 0.4) is 0 Å². The number of imidazole rings is 1. The van der Waals surface area contributed by atoms with Crippen molar-refractivity contribution < 1.29 is 4.79 Å². The Labute approximate surface area is 148 Å². The molecule has 7 nitrogen and oxygen atoms in total. The van der Waals surface area contributed by atoms with E-state index in [1.165, 1.54) is 0 Å². The van der Waals surface area contributed by atoms with E-state index in [1.807, 2.05) is 17.8 Å². The number of primary amides is 1. The molecule has 2 heterocycles. The molecule has 1 unspecified atom stereocenters. The van der Waals surface area contributed by atoms with E-state index in [-0.39, 0.29) is 29.9 Å². The molecule has 2 rings (SSSR count). The SMILES string of the molecule is CN=C(NCc1nccn1C)N1CCCC(CC(N)=O)C1.I. The van der Waals surface area contributed by atoms with Crippen LogP contribution in [0, 0.1) is 5.92 Å². The summed E-state index contributed by atoms with van der Waals surface area (Å²) in [6.45, 7) is 2.41. The third kappa shape index (κ3) is 5.15. The van der Waals surface area contributed by atoms with E-state index in [9.17, 15) is 4.79 Å². The lowest BCUT2D eigenvalue weighted by molar-refractivity contribution is -0.119. The largest absolute Gasteiger partial charge is 0.370 e. The lowest BCUT2D eigenvalue weighted by Gasteiger charge is -2.34. The van der Waals surface area contributed by atoms with Crippen LogP contribution in [0.4, 0.5) is 0 Å². The van der Waals surface area contributed by atoms with Gasteiger partial charge in [-0.3, -0.25) is 9.79 Å². The van der Waals surface area contributed by atoms with E-state index in [2.05, 4.69) is 20.2 Å². The quantitative estimate of drug-likeness (QED) is 0.427. The molecule has 1 aromatic heterocycles. The van der Waals surface area contributed by atoms with Gasteiger partial charge in [0.1, 0.15) is 5.82 Å². The first kappa shape index (κ1) is 18.7. The van der Waals surface area contributed by atoms with Crippen LogP contribution >= 0.6 is 24.0 Å². The maximum atomic E-state index is 11.1. The number of guanidine groups is 1. The highest BCUT2D eigenvalue weighted by atomic mass is 127. The Morgan fingerprint density at radius 1 is 1.59 bits per heavy atom. The average molecular weight is 420 g/mol. The second-order valence-corrected chi connectivity index (χ2v) is 5.48. The molecule has 3 N–H and O–H groups in total. The molecule has 0 saturated carbocycles. The number of aliphatic imine (C=N–C) groups is 1. The molecule has 1 fully saturated rings. The number of likely N-dealkylation sites (tertiary alicyclic amines) is 1. The average Bonchev–Trinajstić information content (AvgIpc) is 2.85. The summed E-state index contributed by atoms with van der Waals surface area (Å²) in [5.74, 6) is 1.91. The molecule has 0 bridgehead atoms. The van der Waals surface area contributed by atoms with E-state index in [4.69, 9.17) is 5.73 Å². The van der Waals surface area contributed by atoms with Crippen molar-refractivity contribution in [1.82, 2.24) is 19.8 Å². The third-order valence-electron chi connectivity index (χ3n) is 3.85. The van der Waals surface area contributed by atoms with Gasteiger partial charge in [-0.2, -0.15) is 0 Å². The number of piperidine rings is 1. The zero-order chi connectivity index (χ0) is 15.2. The van der Waals surface area contributed by atoms with Crippen molar-refractivity contribution in [2.24, 2.45) is 23.7 Å². The number of halogens is 1. The van der Waals surface area contributed by atoms with Crippen LogP contribution in [0.25, 0.3) is 0 Å². The predicted octanol–water partition coefficient (Wildman–Crippen LogP) is 0.701. The van der Waals surface area contributed by atoms with Crippen LogP contribution in [0.5, 0.6) is 0 Å². The summed E-state index contributed by atoms with van der Waals surface area (Å²) in [4.78, 5) is 21.9. The Hall–Kier alpha value is -1.32. The topological polar surface area (TPSA) is 88.5 Å². The highest BCUT2D eigenvalue weighted by Crippen LogP contribution is 2.19. The molecule has 0 aromatic carbocycles. The highest BCUT2D eigenvalue weighted by molar-refractivity contribution is 14.0. The van der Waals surface area contributed by atoms with Gasteiger partial charge in [0.2, 0.25) is 5.91 Å². The first-order valence-corrected chi connectivity index (χ1v) is 7.30. The van der Waals surface area contributed by atoms with Crippen LogP contribution in [-0.2, 0) is 18.4 Å². The molecule has 124 valence electrons. The summed E-state index contributed by atoms with van der Waals surface area (Å²) >= 11 is 0. The van der Waals surface area contributed by atoms with Gasteiger partial charge in [-0.1, -0.05) is 0 Å². The number of carbonyl (C=O) groups is 1. The Bertz CT molecular complexity index is 515. The first-order chi connectivity index (χ1) is 10.1. The van der Waals surface area contributed by atoms with Crippen molar-refractivity contribution in [2.75, 3.05) is 20.1 Å². The minimum absolute atomic E-state index is 0. The lowest BCUT2D eigenvalue weighted by Crippen LogP contribution is -2.47. The molecule has 0 spiro atoms. The van der Waals surface area contributed by atoms with Crippen LogP contribution < -0.4 is 11.1 Å². The minimum atomic E-state index is -0.224. The molecule has 1 aliphatic heterocycles. The van der Waals surface area contributed by atoms with Crippen LogP contribution in [0.2, 0.25) is 0 Å². The standard InChI is InChI=1S/C14H24N6O.HI/c1-16-14(18-9-13-17-5-7-19(13)2)20-6-3-4-11(10-20)8-12(15)21;/h5,7,11H,3-4,6,8-10H2,1-2H3,(H2,15,21)(H,16,18);1H. The Kier molecular flexibility index (Phi) is 7.63. The molecule has 1 amide bonds. The van der Waals surface area contributed by atoms with E-state index >= 15 is 0 Å². The van der Waals surface area contributed by atoms with E-state index in [0.717, 1.165) is 37.7 Å². The highest BCUT2D eigenvalue weighted by Gasteiger charge is 2.23. The summed E-state index contributed by atoms with van der Waals surface area (Å²) in [6, 6.07) is 0. The molecule has 1 aliphatic rings. The first-order valence-electron chi connectivity index (χ1n) is 7.30. The molecular weight excluding hydrogens is 395 g/mol. The number of hydrogen-bond donors (Lipinski definition) is 2. The zero-order valence-corrected chi connectivity index (χ0v) is 15.5. The molecule has 0 aliphatic carbocycles. The molecule has 1 saturated heterocycles. The number of aromatic nitrogens is 2. The number of carbonyl (C=O) groups excluding carboxylic acids is 1. The number of nitrogens with two attached hydrogens (primary N) is 1.